The average molecular weight is 278 g/mol. The molecule has 20 heavy (non-hydrogen) atoms. The molecule has 4 heteroatoms. The van der Waals surface area contributed by atoms with Crippen molar-refractivity contribution >= 4 is 0 Å². The minimum Gasteiger partial charge on any atom is -0.389 e. The number of aromatic nitrogens is 2. The van der Waals surface area contributed by atoms with Gasteiger partial charge in [-0.25, -0.2) is 9.97 Å². The summed E-state index contributed by atoms with van der Waals surface area (Å²) in [7, 11) is 0. The van der Waals surface area contributed by atoms with Crippen molar-refractivity contribution in [3.8, 4) is 0 Å². The minimum absolute atomic E-state index is 0.330. The molecule has 1 unspecified atom stereocenters. The zero-order chi connectivity index (χ0) is 14.8. The Kier molecular flexibility index (Phi) is 4.76. The van der Waals surface area contributed by atoms with Crippen LogP contribution in [0.5, 0.6) is 0 Å². The molecule has 0 spiro atoms. The number of hydrogen-bond donors (Lipinski definition) is 1. The van der Waals surface area contributed by atoms with Gasteiger partial charge < -0.3 is 9.84 Å². The summed E-state index contributed by atoms with van der Waals surface area (Å²) >= 11 is 0. The Morgan fingerprint density at radius 1 is 1.45 bits per heavy atom. The zero-order valence-electron chi connectivity index (χ0n) is 13.0. The summed E-state index contributed by atoms with van der Waals surface area (Å²) in [6.07, 6.45) is 5.49. The molecule has 1 aliphatic rings. The quantitative estimate of drug-likeness (QED) is 0.918. The lowest BCUT2D eigenvalue weighted by Gasteiger charge is -2.38. The van der Waals surface area contributed by atoms with Crippen LogP contribution in [0.1, 0.15) is 69.6 Å². The lowest BCUT2D eigenvalue weighted by atomic mass is 9.78. The molecular formula is C16H26N2O2. The first-order chi connectivity index (χ1) is 9.48. The summed E-state index contributed by atoms with van der Waals surface area (Å²) in [5, 5.41) is 9.70. The molecule has 1 atom stereocenters. The molecule has 1 aliphatic carbocycles. The third-order valence-corrected chi connectivity index (χ3v) is 4.38. The van der Waals surface area contributed by atoms with Crippen molar-refractivity contribution < 1.29 is 9.84 Å². The van der Waals surface area contributed by atoms with E-state index in [-0.39, 0.29) is 5.60 Å². The van der Waals surface area contributed by atoms with Gasteiger partial charge in [0.2, 0.25) is 0 Å². The molecular weight excluding hydrogens is 252 g/mol. The van der Waals surface area contributed by atoms with Crippen LogP contribution in [-0.2, 0) is 10.3 Å². The number of ether oxygens (including phenoxy) is 1. The fraction of sp³-hybridized carbons (Fsp3) is 0.750. The van der Waals surface area contributed by atoms with Crippen molar-refractivity contribution in [1.82, 2.24) is 9.97 Å². The van der Waals surface area contributed by atoms with Crippen LogP contribution in [0, 0.1) is 12.8 Å². The normalized spacial score (nSPS) is 28.4. The summed E-state index contributed by atoms with van der Waals surface area (Å²) in [6, 6.07) is 0. The Balaban J connectivity index is 2.32. The molecule has 0 radical (unpaired) electrons. The summed E-state index contributed by atoms with van der Waals surface area (Å²) in [5.41, 5.74) is 1.32. The second-order valence-electron chi connectivity index (χ2n) is 6.02. The maximum absolute atomic E-state index is 9.70. The van der Waals surface area contributed by atoms with Crippen LogP contribution >= 0.6 is 0 Å². The first kappa shape index (κ1) is 15.4. The van der Waals surface area contributed by atoms with Gasteiger partial charge in [-0.15, -0.1) is 0 Å². The lowest BCUT2D eigenvalue weighted by Crippen LogP contribution is -2.36. The van der Waals surface area contributed by atoms with Crippen LogP contribution in [0.4, 0.5) is 0 Å². The van der Waals surface area contributed by atoms with Gasteiger partial charge in [0, 0.05) is 24.1 Å². The molecule has 1 fully saturated rings. The topological polar surface area (TPSA) is 55.2 Å². The first-order valence-electron chi connectivity index (χ1n) is 7.64. The summed E-state index contributed by atoms with van der Waals surface area (Å²) in [4.78, 5) is 9.14. The molecule has 1 aromatic heterocycles. The summed E-state index contributed by atoms with van der Waals surface area (Å²) < 4.78 is 6.07. The number of nitrogens with zero attached hydrogens (tertiary/aromatic N) is 2. The fourth-order valence-electron chi connectivity index (χ4n) is 3.04. The molecule has 0 amide bonds. The fourth-order valence-corrected chi connectivity index (χ4v) is 3.04. The molecule has 0 aliphatic heterocycles. The Morgan fingerprint density at radius 3 is 2.60 bits per heavy atom. The second-order valence-corrected chi connectivity index (χ2v) is 6.02. The number of rotatable bonds is 4. The molecule has 112 valence electrons. The standard InChI is InChI=1S/C16H26N2O2/c1-5-20-16(8-6-11(2)7-9-16)15-17-10-14(13(4)19)12(3)18-15/h10-11,13,19H,5-9H2,1-4H3. The molecule has 4 nitrogen and oxygen atoms in total. The highest BCUT2D eigenvalue weighted by atomic mass is 16.5. The SMILES string of the molecule is CCOC1(c2ncc(C(C)O)c(C)n2)CCC(C)CC1. The second kappa shape index (κ2) is 6.19. The van der Waals surface area contributed by atoms with Crippen molar-refractivity contribution in [2.24, 2.45) is 5.92 Å². The summed E-state index contributed by atoms with van der Waals surface area (Å²) in [6.45, 7) is 8.66. The van der Waals surface area contributed by atoms with E-state index >= 15 is 0 Å². The van der Waals surface area contributed by atoms with Gasteiger partial charge >= 0.3 is 0 Å². The number of aryl methyl sites for hydroxylation is 1. The Hall–Kier alpha value is -1.00. The van der Waals surface area contributed by atoms with Gasteiger partial charge in [-0.3, -0.25) is 0 Å². The molecule has 0 saturated heterocycles. The Bertz CT molecular complexity index is 452. The van der Waals surface area contributed by atoms with Gasteiger partial charge in [-0.05, 0) is 52.4 Å². The summed E-state index contributed by atoms with van der Waals surface area (Å²) in [5.74, 6) is 1.54. The van der Waals surface area contributed by atoms with Crippen LogP contribution in [0.2, 0.25) is 0 Å². The van der Waals surface area contributed by atoms with Gasteiger partial charge in [0.15, 0.2) is 5.82 Å². The number of aliphatic hydroxyl groups is 1. The van der Waals surface area contributed by atoms with Crippen molar-refractivity contribution in [3.05, 3.63) is 23.3 Å². The lowest BCUT2D eigenvalue weighted by molar-refractivity contribution is -0.0838. The molecule has 0 bridgehead atoms. The van der Waals surface area contributed by atoms with E-state index in [1.807, 2.05) is 13.8 Å². The number of hydrogen-bond acceptors (Lipinski definition) is 4. The monoisotopic (exact) mass is 278 g/mol. The van der Waals surface area contributed by atoms with Gasteiger partial charge in [0.1, 0.15) is 5.60 Å². The van der Waals surface area contributed by atoms with Crippen molar-refractivity contribution in [3.63, 3.8) is 0 Å². The van der Waals surface area contributed by atoms with E-state index in [1.54, 1.807) is 13.1 Å². The van der Waals surface area contributed by atoms with Crippen molar-refractivity contribution in [1.29, 1.82) is 0 Å². The predicted octanol–water partition coefficient (Wildman–Crippen LogP) is 3.28. The molecule has 1 aromatic rings. The van der Waals surface area contributed by atoms with E-state index in [1.165, 1.54) is 0 Å². The van der Waals surface area contributed by atoms with Crippen LogP contribution in [0.25, 0.3) is 0 Å². The highest BCUT2D eigenvalue weighted by Crippen LogP contribution is 2.41. The number of aliphatic hydroxyl groups excluding tert-OH is 1. The van der Waals surface area contributed by atoms with E-state index in [4.69, 9.17) is 4.74 Å². The van der Waals surface area contributed by atoms with Gasteiger partial charge in [0.05, 0.1) is 6.10 Å². The first-order valence-corrected chi connectivity index (χ1v) is 7.64. The van der Waals surface area contributed by atoms with E-state index < -0.39 is 6.10 Å². The molecule has 2 rings (SSSR count). The maximum Gasteiger partial charge on any atom is 0.160 e. The van der Waals surface area contributed by atoms with Crippen molar-refractivity contribution in [2.75, 3.05) is 6.61 Å². The van der Waals surface area contributed by atoms with Crippen LogP contribution < -0.4 is 0 Å². The Morgan fingerprint density at radius 2 is 2.10 bits per heavy atom. The highest BCUT2D eigenvalue weighted by molar-refractivity contribution is 5.20. The molecule has 1 heterocycles. The van der Waals surface area contributed by atoms with Crippen LogP contribution in [0.3, 0.4) is 0 Å². The van der Waals surface area contributed by atoms with Crippen LogP contribution in [-0.4, -0.2) is 21.7 Å². The van der Waals surface area contributed by atoms with Crippen LogP contribution in [0.15, 0.2) is 6.20 Å². The molecule has 1 N–H and O–H groups in total. The average Bonchev–Trinajstić information content (AvgIpc) is 2.41. The third kappa shape index (κ3) is 3.01. The van der Waals surface area contributed by atoms with E-state index in [0.717, 1.165) is 48.7 Å². The van der Waals surface area contributed by atoms with E-state index in [0.29, 0.717) is 6.61 Å². The zero-order valence-corrected chi connectivity index (χ0v) is 13.0. The van der Waals surface area contributed by atoms with E-state index in [2.05, 4.69) is 16.9 Å². The van der Waals surface area contributed by atoms with Crippen molar-refractivity contribution in [2.45, 2.75) is 65.1 Å². The predicted molar refractivity (Wildman–Crippen MR) is 78.3 cm³/mol. The smallest absolute Gasteiger partial charge is 0.160 e. The Labute approximate surface area is 121 Å². The van der Waals surface area contributed by atoms with Gasteiger partial charge in [-0.2, -0.15) is 0 Å². The van der Waals surface area contributed by atoms with Gasteiger partial charge in [0.25, 0.3) is 0 Å². The molecule has 1 saturated carbocycles. The minimum atomic E-state index is -0.529. The highest BCUT2D eigenvalue weighted by Gasteiger charge is 2.39. The largest absolute Gasteiger partial charge is 0.389 e. The third-order valence-electron chi connectivity index (χ3n) is 4.38. The van der Waals surface area contributed by atoms with E-state index in [9.17, 15) is 5.11 Å². The molecule has 0 aromatic carbocycles. The van der Waals surface area contributed by atoms with Gasteiger partial charge in [-0.1, -0.05) is 6.92 Å². The maximum atomic E-state index is 9.70.